The van der Waals surface area contributed by atoms with E-state index in [1.165, 1.54) is 0 Å². The molecule has 0 saturated carbocycles. The second-order valence-corrected chi connectivity index (χ2v) is 3.58. The smallest absolute Gasteiger partial charge is 0.417 e. The molecule has 0 atom stereocenters. The Kier molecular flexibility index (Phi) is 3.03. The van der Waals surface area contributed by atoms with Crippen LogP contribution in [0.25, 0.3) is 11.3 Å². The zero-order chi connectivity index (χ0) is 14.3. The number of hydrogen-bond acceptors (Lipinski definition) is 2. The van der Waals surface area contributed by atoms with Crippen molar-refractivity contribution >= 4 is 0 Å². The third kappa shape index (κ3) is 2.72. The number of alkyl halides is 6. The van der Waals surface area contributed by atoms with Crippen LogP contribution in [0, 0.1) is 6.39 Å². The monoisotopic (exact) mass is 280 g/mol. The van der Waals surface area contributed by atoms with Crippen LogP contribution in [0.3, 0.4) is 0 Å². The molecule has 0 fully saturated rings. The van der Waals surface area contributed by atoms with Crippen molar-refractivity contribution in [3.05, 3.63) is 42.0 Å². The summed E-state index contributed by atoms with van der Waals surface area (Å²) in [5, 5.41) is 0. The summed E-state index contributed by atoms with van der Waals surface area (Å²) < 4.78 is 80.0. The maximum Gasteiger partial charge on any atom is 0.417 e. The maximum atomic E-state index is 12.7. The van der Waals surface area contributed by atoms with Crippen LogP contribution in [0.5, 0.6) is 0 Å². The van der Waals surface area contributed by atoms with Gasteiger partial charge in [-0.3, -0.25) is 0 Å². The van der Waals surface area contributed by atoms with Crippen molar-refractivity contribution in [2.24, 2.45) is 0 Å². The fourth-order valence-electron chi connectivity index (χ4n) is 1.49. The van der Waals surface area contributed by atoms with Crippen molar-refractivity contribution in [3.63, 3.8) is 0 Å². The van der Waals surface area contributed by atoms with Crippen LogP contribution in [-0.4, -0.2) is 4.98 Å². The van der Waals surface area contributed by atoms with Crippen LogP contribution in [0.2, 0.25) is 0 Å². The van der Waals surface area contributed by atoms with Crippen LogP contribution < -0.4 is 0 Å². The number of benzene rings is 1. The third-order valence-corrected chi connectivity index (χ3v) is 2.32. The van der Waals surface area contributed by atoms with E-state index in [9.17, 15) is 26.3 Å². The van der Waals surface area contributed by atoms with Gasteiger partial charge < -0.3 is 4.42 Å². The Morgan fingerprint density at radius 3 is 2.16 bits per heavy atom. The summed E-state index contributed by atoms with van der Waals surface area (Å²) in [4.78, 5) is 3.32. The second kappa shape index (κ2) is 4.29. The molecule has 2 nitrogen and oxygen atoms in total. The summed E-state index contributed by atoms with van der Waals surface area (Å²) in [6, 6.07) is 1.12. The molecule has 1 aromatic carbocycles. The highest BCUT2D eigenvalue weighted by molar-refractivity contribution is 5.64. The number of hydrogen-bond donors (Lipinski definition) is 0. The van der Waals surface area contributed by atoms with Crippen LogP contribution in [-0.2, 0) is 12.4 Å². The first-order chi connectivity index (χ1) is 8.69. The standard InChI is InChI=1S/C11H4F6NO/c12-10(13,14)6-1-2-8(11(15,16)17)7(3-6)9-4-19-5-18-9/h1-4H. The molecule has 0 amide bonds. The lowest BCUT2D eigenvalue weighted by molar-refractivity contribution is -0.141. The molecule has 0 bridgehead atoms. The molecule has 0 aliphatic carbocycles. The molecule has 0 aliphatic heterocycles. The van der Waals surface area contributed by atoms with Gasteiger partial charge >= 0.3 is 12.4 Å². The van der Waals surface area contributed by atoms with Crippen molar-refractivity contribution in [3.8, 4) is 11.3 Å². The molecule has 1 aromatic heterocycles. The highest BCUT2D eigenvalue weighted by Crippen LogP contribution is 2.40. The van der Waals surface area contributed by atoms with Crippen molar-refractivity contribution in [1.29, 1.82) is 0 Å². The molecular weight excluding hydrogens is 276 g/mol. The molecular formula is C11H4F6NO. The van der Waals surface area contributed by atoms with Gasteiger partial charge in [0.1, 0.15) is 12.0 Å². The molecule has 0 aliphatic rings. The van der Waals surface area contributed by atoms with E-state index in [0.29, 0.717) is 18.2 Å². The Balaban J connectivity index is 2.65. The lowest BCUT2D eigenvalue weighted by atomic mass is 10.0. The Hall–Kier alpha value is -1.99. The van der Waals surface area contributed by atoms with Crippen LogP contribution in [0.4, 0.5) is 26.3 Å². The first-order valence-corrected chi connectivity index (χ1v) is 4.80. The SMILES string of the molecule is FC(F)(F)c1ccc(C(F)(F)F)c(-c2co[c]n2)c1. The van der Waals surface area contributed by atoms with Gasteiger partial charge in [0.2, 0.25) is 0 Å². The molecule has 1 radical (unpaired) electrons. The van der Waals surface area contributed by atoms with E-state index in [0.717, 1.165) is 6.26 Å². The molecule has 8 heteroatoms. The highest BCUT2D eigenvalue weighted by Gasteiger charge is 2.37. The molecule has 0 unspecified atom stereocenters. The summed E-state index contributed by atoms with van der Waals surface area (Å²) in [6.07, 6.45) is -6.85. The minimum atomic E-state index is -4.79. The van der Waals surface area contributed by atoms with E-state index < -0.39 is 29.0 Å². The molecule has 0 spiro atoms. The van der Waals surface area contributed by atoms with Crippen LogP contribution in [0.1, 0.15) is 11.1 Å². The fraction of sp³-hybridized carbons (Fsp3) is 0.182. The molecule has 1 heterocycles. The van der Waals surface area contributed by atoms with E-state index in [2.05, 4.69) is 9.40 Å². The Bertz CT molecular complexity index is 570. The van der Waals surface area contributed by atoms with Crippen molar-refractivity contribution < 1.29 is 30.8 Å². The van der Waals surface area contributed by atoms with Gasteiger partial charge in [0.05, 0.1) is 11.1 Å². The van der Waals surface area contributed by atoms with Crippen molar-refractivity contribution in [2.75, 3.05) is 0 Å². The average Bonchev–Trinajstić information content (AvgIpc) is 2.79. The topological polar surface area (TPSA) is 26.0 Å². The van der Waals surface area contributed by atoms with E-state index in [1.54, 1.807) is 0 Å². The number of nitrogens with zero attached hydrogens (tertiary/aromatic N) is 1. The molecule has 2 rings (SSSR count). The largest absolute Gasteiger partial charge is 0.440 e. The first-order valence-electron chi connectivity index (χ1n) is 4.80. The molecule has 101 valence electrons. The molecule has 2 aromatic rings. The first kappa shape index (κ1) is 13.4. The minimum Gasteiger partial charge on any atom is -0.440 e. The molecule has 0 N–H and O–H groups in total. The Labute approximate surface area is 102 Å². The number of rotatable bonds is 1. The van der Waals surface area contributed by atoms with Gasteiger partial charge in [-0.05, 0) is 18.2 Å². The van der Waals surface area contributed by atoms with Gasteiger partial charge in [-0.1, -0.05) is 0 Å². The summed E-state index contributed by atoms with van der Waals surface area (Å²) in [7, 11) is 0. The van der Waals surface area contributed by atoms with E-state index in [1.807, 2.05) is 6.39 Å². The normalized spacial score (nSPS) is 12.7. The van der Waals surface area contributed by atoms with Gasteiger partial charge in [-0.25, -0.2) is 4.98 Å². The average molecular weight is 280 g/mol. The minimum absolute atomic E-state index is 0.363. The Morgan fingerprint density at radius 1 is 1.00 bits per heavy atom. The lowest BCUT2D eigenvalue weighted by Crippen LogP contribution is -2.11. The van der Waals surface area contributed by atoms with Crippen molar-refractivity contribution in [2.45, 2.75) is 12.4 Å². The summed E-state index contributed by atoms with van der Waals surface area (Å²) in [5.74, 6) is 0. The summed E-state index contributed by atoms with van der Waals surface area (Å²) in [6.45, 7) is 0. The fourth-order valence-corrected chi connectivity index (χ4v) is 1.49. The quantitative estimate of drug-likeness (QED) is 0.732. The molecule has 0 saturated heterocycles. The third-order valence-electron chi connectivity index (χ3n) is 2.32. The van der Waals surface area contributed by atoms with Gasteiger partial charge in [-0.15, -0.1) is 0 Å². The van der Waals surface area contributed by atoms with Crippen LogP contribution >= 0.6 is 0 Å². The predicted molar refractivity (Wildman–Crippen MR) is 50.8 cm³/mol. The summed E-state index contributed by atoms with van der Waals surface area (Å²) >= 11 is 0. The molecule has 19 heavy (non-hydrogen) atoms. The van der Waals surface area contributed by atoms with Gasteiger partial charge in [0.25, 0.3) is 6.39 Å². The number of aromatic nitrogens is 1. The van der Waals surface area contributed by atoms with Crippen molar-refractivity contribution in [1.82, 2.24) is 4.98 Å². The van der Waals surface area contributed by atoms with E-state index in [-0.39, 0.29) is 5.69 Å². The predicted octanol–water partition coefficient (Wildman–Crippen LogP) is 4.18. The summed E-state index contributed by atoms with van der Waals surface area (Å²) in [5.41, 5.74) is -3.48. The van der Waals surface area contributed by atoms with Gasteiger partial charge in [0, 0.05) is 5.56 Å². The van der Waals surface area contributed by atoms with Gasteiger partial charge in [0.15, 0.2) is 0 Å². The Morgan fingerprint density at radius 2 is 1.68 bits per heavy atom. The van der Waals surface area contributed by atoms with E-state index in [4.69, 9.17) is 0 Å². The second-order valence-electron chi connectivity index (χ2n) is 3.58. The number of oxazole rings is 1. The van der Waals surface area contributed by atoms with Gasteiger partial charge in [-0.2, -0.15) is 26.3 Å². The number of halogens is 6. The highest BCUT2D eigenvalue weighted by atomic mass is 19.4. The van der Waals surface area contributed by atoms with E-state index >= 15 is 0 Å². The maximum absolute atomic E-state index is 12.7. The zero-order valence-electron chi connectivity index (χ0n) is 8.93. The van der Waals surface area contributed by atoms with Crippen LogP contribution in [0.15, 0.2) is 28.9 Å². The lowest BCUT2D eigenvalue weighted by Gasteiger charge is -2.14. The zero-order valence-corrected chi connectivity index (χ0v) is 8.93.